The number of thiophene rings is 1. The van der Waals surface area contributed by atoms with Crippen molar-refractivity contribution >= 4 is 70.5 Å². The maximum Gasteiger partial charge on any atom is 0.164 e. The summed E-state index contributed by atoms with van der Waals surface area (Å²) >= 11 is 1.88. The third-order valence-corrected chi connectivity index (χ3v) is 11.6. The maximum atomic E-state index is 6.50. The predicted molar refractivity (Wildman–Crippen MR) is 215 cm³/mol. The molecule has 0 bridgehead atoms. The molecular formula is C47H29N3OS. The van der Waals surface area contributed by atoms with Gasteiger partial charge in [0, 0.05) is 53.9 Å². The molecule has 0 saturated heterocycles. The normalized spacial score (nSPS) is 14.4. The highest BCUT2D eigenvalue weighted by molar-refractivity contribution is 7.19. The average molecular weight is 684 g/mol. The summed E-state index contributed by atoms with van der Waals surface area (Å²) < 4.78 is 7.77. The van der Waals surface area contributed by atoms with E-state index in [4.69, 9.17) is 19.4 Å². The van der Waals surface area contributed by atoms with E-state index in [1.165, 1.54) is 31.5 Å². The van der Waals surface area contributed by atoms with Crippen molar-refractivity contribution in [3.63, 3.8) is 0 Å². The van der Waals surface area contributed by atoms with Gasteiger partial charge >= 0.3 is 0 Å². The molecule has 0 saturated carbocycles. The number of rotatable bonds is 4. The van der Waals surface area contributed by atoms with E-state index in [0.29, 0.717) is 17.5 Å². The van der Waals surface area contributed by atoms with Crippen LogP contribution in [0, 0.1) is 0 Å². The number of furan rings is 1. The Morgan fingerprint density at radius 1 is 0.538 bits per heavy atom. The van der Waals surface area contributed by atoms with E-state index in [2.05, 4.69) is 146 Å². The van der Waals surface area contributed by atoms with Crippen molar-refractivity contribution in [3.8, 4) is 22.8 Å². The van der Waals surface area contributed by atoms with Gasteiger partial charge in [-0.3, -0.25) is 0 Å². The Morgan fingerprint density at radius 2 is 1.25 bits per heavy atom. The molecule has 0 spiro atoms. The number of fused-ring (bicyclic) bond motifs is 8. The van der Waals surface area contributed by atoms with Gasteiger partial charge in [-0.1, -0.05) is 127 Å². The van der Waals surface area contributed by atoms with Crippen LogP contribution in [0.3, 0.4) is 0 Å². The number of benzene rings is 7. The molecule has 244 valence electrons. The molecule has 0 amide bonds. The van der Waals surface area contributed by atoms with Crippen LogP contribution in [0.2, 0.25) is 0 Å². The predicted octanol–water partition coefficient (Wildman–Crippen LogP) is 12.4. The molecule has 1 aliphatic rings. The number of hydrogen-bond acceptors (Lipinski definition) is 5. The van der Waals surface area contributed by atoms with Gasteiger partial charge < -0.3 is 4.42 Å². The van der Waals surface area contributed by atoms with E-state index in [1.54, 1.807) is 0 Å². The minimum absolute atomic E-state index is 0.190. The van der Waals surface area contributed by atoms with E-state index in [-0.39, 0.29) is 5.92 Å². The Hall–Kier alpha value is -6.43. The summed E-state index contributed by atoms with van der Waals surface area (Å²) in [5.74, 6) is 2.13. The quantitative estimate of drug-likeness (QED) is 0.185. The van der Waals surface area contributed by atoms with Gasteiger partial charge in [-0.15, -0.1) is 11.3 Å². The van der Waals surface area contributed by atoms with Crippen molar-refractivity contribution in [3.05, 3.63) is 180 Å². The fourth-order valence-corrected chi connectivity index (χ4v) is 9.23. The molecule has 7 aromatic carbocycles. The lowest BCUT2D eigenvalue weighted by Gasteiger charge is -2.22. The lowest BCUT2D eigenvalue weighted by molar-refractivity contribution is 0.669. The van der Waals surface area contributed by atoms with Crippen LogP contribution in [0.4, 0.5) is 0 Å². The van der Waals surface area contributed by atoms with Gasteiger partial charge in [0.15, 0.2) is 17.5 Å². The molecule has 4 nitrogen and oxygen atoms in total. The van der Waals surface area contributed by atoms with Gasteiger partial charge in [0.2, 0.25) is 0 Å². The molecule has 5 heteroatoms. The Balaban J connectivity index is 1.20. The molecule has 0 fully saturated rings. The largest absolute Gasteiger partial charge is 0.456 e. The summed E-state index contributed by atoms with van der Waals surface area (Å²) in [6, 6.07) is 53.3. The Labute approximate surface area is 303 Å². The molecule has 10 aromatic rings. The van der Waals surface area contributed by atoms with Gasteiger partial charge in [0.1, 0.15) is 11.2 Å². The van der Waals surface area contributed by atoms with E-state index >= 15 is 0 Å². The highest BCUT2D eigenvalue weighted by Gasteiger charge is 2.29. The van der Waals surface area contributed by atoms with Crippen molar-refractivity contribution in [2.24, 2.45) is 0 Å². The molecule has 3 aromatic heterocycles. The number of allylic oxidation sites excluding steroid dienone is 1. The Morgan fingerprint density at radius 3 is 2.12 bits per heavy atom. The summed E-state index contributed by atoms with van der Waals surface area (Å²) in [7, 11) is 0. The van der Waals surface area contributed by atoms with Gasteiger partial charge in [-0.2, -0.15) is 0 Å². The number of nitrogens with zero attached hydrogens (tertiary/aromatic N) is 3. The first kappa shape index (κ1) is 29.3. The molecular weight excluding hydrogens is 655 g/mol. The van der Waals surface area contributed by atoms with Gasteiger partial charge in [-0.05, 0) is 63.9 Å². The zero-order chi connectivity index (χ0) is 34.2. The van der Waals surface area contributed by atoms with Crippen LogP contribution in [0.25, 0.3) is 81.9 Å². The van der Waals surface area contributed by atoms with Crippen molar-refractivity contribution in [1.82, 2.24) is 15.0 Å². The maximum absolute atomic E-state index is 6.50. The molecule has 0 N–H and O–H groups in total. The van der Waals surface area contributed by atoms with Crippen LogP contribution in [-0.2, 0) is 6.42 Å². The minimum atomic E-state index is 0.190. The second-order valence-electron chi connectivity index (χ2n) is 13.5. The second kappa shape index (κ2) is 11.6. The Bertz CT molecular complexity index is 3060. The SMILES string of the molecule is C1=C(c2nc(-c3ccc4ccccc4c3)nc(-c3cccc4oc5cc6ccccc6cc5c34)n2)c2c(sc3ccccc23)CC1c1ccccc1. The second-order valence-corrected chi connectivity index (χ2v) is 14.7. The zero-order valence-electron chi connectivity index (χ0n) is 28.0. The highest BCUT2D eigenvalue weighted by atomic mass is 32.1. The standard InChI is InChI=1S/C47H29N3OS/c1-2-11-28(12-3-1)34-25-38(44-35-17-8-9-20-41(35)52-42(44)27-34)47-49-45(33-22-21-29-13-4-5-14-30(29)23-33)48-46(50-47)36-18-10-19-39-43(36)37-24-31-15-6-7-16-32(31)26-40(37)51-39/h1-26,34H,27H2. The molecule has 3 heterocycles. The van der Waals surface area contributed by atoms with Gasteiger partial charge in [0.05, 0.1) is 0 Å². The zero-order valence-corrected chi connectivity index (χ0v) is 28.8. The number of aromatic nitrogens is 3. The molecule has 1 atom stereocenters. The van der Waals surface area contributed by atoms with E-state index in [1.807, 2.05) is 23.5 Å². The van der Waals surface area contributed by atoms with Gasteiger partial charge in [-0.25, -0.2) is 15.0 Å². The first-order chi connectivity index (χ1) is 25.7. The van der Waals surface area contributed by atoms with Crippen molar-refractivity contribution in [2.75, 3.05) is 0 Å². The van der Waals surface area contributed by atoms with E-state index < -0.39 is 0 Å². The van der Waals surface area contributed by atoms with E-state index in [9.17, 15) is 0 Å². The molecule has 1 unspecified atom stereocenters. The molecule has 0 aliphatic heterocycles. The summed E-state index contributed by atoms with van der Waals surface area (Å²) in [5.41, 5.74) is 7.09. The average Bonchev–Trinajstić information content (AvgIpc) is 3.77. The molecule has 52 heavy (non-hydrogen) atoms. The molecule has 0 radical (unpaired) electrons. The van der Waals surface area contributed by atoms with Crippen LogP contribution in [0.1, 0.15) is 27.7 Å². The van der Waals surface area contributed by atoms with Gasteiger partial charge in [0.25, 0.3) is 0 Å². The van der Waals surface area contributed by atoms with Crippen LogP contribution in [0.15, 0.2) is 162 Å². The summed E-state index contributed by atoms with van der Waals surface area (Å²) in [6.45, 7) is 0. The molecule has 1 aliphatic carbocycles. The topological polar surface area (TPSA) is 51.8 Å². The fourth-order valence-electron chi connectivity index (χ4n) is 7.95. The van der Waals surface area contributed by atoms with E-state index in [0.717, 1.165) is 61.2 Å². The van der Waals surface area contributed by atoms with Crippen molar-refractivity contribution in [1.29, 1.82) is 0 Å². The van der Waals surface area contributed by atoms with Crippen LogP contribution >= 0.6 is 11.3 Å². The van der Waals surface area contributed by atoms with Crippen molar-refractivity contribution < 1.29 is 4.42 Å². The van der Waals surface area contributed by atoms with Crippen LogP contribution < -0.4 is 0 Å². The summed E-state index contributed by atoms with van der Waals surface area (Å²) in [5, 5.41) is 7.92. The van der Waals surface area contributed by atoms with Crippen LogP contribution in [0.5, 0.6) is 0 Å². The summed E-state index contributed by atoms with van der Waals surface area (Å²) in [4.78, 5) is 17.4. The number of hydrogen-bond donors (Lipinski definition) is 0. The third kappa shape index (κ3) is 4.70. The highest BCUT2D eigenvalue weighted by Crippen LogP contribution is 2.46. The minimum Gasteiger partial charge on any atom is -0.456 e. The lowest BCUT2D eigenvalue weighted by atomic mass is 9.84. The summed E-state index contributed by atoms with van der Waals surface area (Å²) in [6.07, 6.45) is 3.33. The third-order valence-electron chi connectivity index (χ3n) is 10.4. The van der Waals surface area contributed by atoms with Crippen LogP contribution in [-0.4, -0.2) is 15.0 Å². The van der Waals surface area contributed by atoms with Crippen molar-refractivity contribution in [2.45, 2.75) is 12.3 Å². The first-order valence-electron chi connectivity index (χ1n) is 17.6. The molecule has 11 rings (SSSR count). The lowest BCUT2D eigenvalue weighted by Crippen LogP contribution is -2.11. The smallest absolute Gasteiger partial charge is 0.164 e. The first-order valence-corrected chi connectivity index (χ1v) is 18.4. The Kier molecular flexibility index (Phi) is 6.51. The monoisotopic (exact) mass is 683 g/mol. The fraction of sp³-hybridized carbons (Fsp3) is 0.0426.